The van der Waals surface area contributed by atoms with E-state index in [-0.39, 0.29) is 18.3 Å². The molecule has 3 nitrogen and oxygen atoms in total. The smallest absolute Gasteiger partial charge is 0.398 e. The van der Waals surface area contributed by atoms with Gasteiger partial charge < -0.3 is 13.9 Å². The van der Waals surface area contributed by atoms with Crippen LogP contribution in [0.4, 0.5) is 0 Å². The van der Waals surface area contributed by atoms with E-state index >= 15 is 0 Å². The van der Waals surface area contributed by atoms with Crippen LogP contribution in [-0.4, -0.2) is 22.9 Å². The number of hydrogen-bond acceptors (Lipinski definition) is 2. The van der Waals surface area contributed by atoms with E-state index in [0.717, 1.165) is 6.54 Å². The van der Waals surface area contributed by atoms with E-state index in [1.165, 1.54) is 30.5 Å². The fourth-order valence-corrected chi connectivity index (χ4v) is 2.76. The molecule has 0 atom stereocenters. The number of fused-ring (bicyclic) bond motifs is 1. The fourth-order valence-electron chi connectivity index (χ4n) is 2.76. The second kappa shape index (κ2) is 3.88. The van der Waals surface area contributed by atoms with Crippen LogP contribution >= 0.6 is 0 Å². The number of nitrogens with zero attached hydrogens (tertiary/aromatic N) is 1. The van der Waals surface area contributed by atoms with E-state index in [1.807, 2.05) is 0 Å². The minimum atomic E-state index is -0.253. The molecule has 2 aliphatic heterocycles. The van der Waals surface area contributed by atoms with Crippen LogP contribution in [0.3, 0.4) is 0 Å². The number of aryl methyl sites for hydroxylation is 1. The fraction of sp³-hybridized carbons (Fsp3) is 0.714. The van der Waals surface area contributed by atoms with E-state index < -0.39 is 0 Å². The van der Waals surface area contributed by atoms with Crippen molar-refractivity contribution in [3.63, 3.8) is 0 Å². The summed E-state index contributed by atoms with van der Waals surface area (Å²) in [6, 6.07) is 4.39. The summed E-state index contributed by atoms with van der Waals surface area (Å²) in [4.78, 5) is 0. The Hall–Kier alpha value is -0.735. The molecule has 0 radical (unpaired) electrons. The molecule has 0 spiro atoms. The van der Waals surface area contributed by atoms with Gasteiger partial charge in [0.1, 0.15) is 0 Å². The topological polar surface area (TPSA) is 23.4 Å². The third kappa shape index (κ3) is 1.74. The summed E-state index contributed by atoms with van der Waals surface area (Å²) in [5.41, 5.74) is 2.10. The van der Waals surface area contributed by atoms with Crippen molar-refractivity contribution in [3.05, 3.63) is 17.8 Å². The molecule has 0 unspecified atom stereocenters. The summed E-state index contributed by atoms with van der Waals surface area (Å²) in [5, 5.41) is 0. The Morgan fingerprint density at radius 1 is 1.06 bits per heavy atom. The van der Waals surface area contributed by atoms with Crippen molar-refractivity contribution in [3.8, 4) is 0 Å². The molecule has 1 fully saturated rings. The second-order valence-corrected chi connectivity index (χ2v) is 6.45. The van der Waals surface area contributed by atoms with Crippen LogP contribution < -0.4 is 5.59 Å². The molecule has 0 amide bonds. The predicted octanol–water partition coefficient (Wildman–Crippen LogP) is 2.12. The molecule has 1 aromatic heterocycles. The Bertz CT molecular complexity index is 448. The zero-order valence-electron chi connectivity index (χ0n) is 11.8. The molecule has 4 heteroatoms. The zero-order chi connectivity index (χ0) is 13.0. The Morgan fingerprint density at radius 2 is 1.72 bits per heavy atom. The van der Waals surface area contributed by atoms with Crippen molar-refractivity contribution < 1.29 is 9.31 Å². The van der Waals surface area contributed by atoms with Crippen LogP contribution in [0.15, 0.2) is 12.1 Å². The third-order valence-electron chi connectivity index (χ3n) is 4.66. The van der Waals surface area contributed by atoms with Crippen molar-refractivity contribution in [2.24, 2.45) is 0 Å². The zero-order valence-corrected chi connectivity index (χ0v) is 11.8. The Labute approximate surface area is 110 Å². The molecule has 0 saturated carbocycles. The molecule has 3 rings (SSSR count). The van der Waals surface area contributed by atoms with Gasteiger partial charge in [-0.1, -0.05) is 0 Å². The normalized spacial score (nSPS) is 25.2. The first kappa shape index (κ1) is 12.3. The van der Waals surface area contributed by atoms with E-state index in [1.54, 1.807) is 0 Å². The molecule has 18 heavy (non-hydrogen) atoms. The first-order chi connectivity index (χ1) is 8.41. The van der Waals surface area contributed by atoms with E-state index in [2.05, 4.69) is 44.4 Å². The summed E-state index contributed by atoms with van der Waals surface area (Å²) < 4.78 is 14.6. The predicted molar refractivity (Wildman–Crippen MR) is 73.1 cm³/mol. The number of aromatic nitrogens is 1. The van der Waals surface area contributed by atoms with Gasteiger partial charge in [-0.15, -0.1) is 0 Å². The maximum Gasteiger partial charge on any atom is 0.512 e. The molecule has 0 aromatic carbocycles. The molecule has 0 N–H and O–H groups in total. The van der Waals surface area contributed by atoms with Crippen molar-refractivity contribution in [2.75, 3.05) is 0 Å². The van der Waals surface area contributed by atoms with Gasteiger partial charge in [0, 0.05) is 17.8 Å². The van der Waals surface area contributed by atoms with Crippen LogP contribution in [0.5, 0.6) is 0 Å². The van der Waals surface area contributed by atoms with Gasteiger partial charge in [-0.05, 0) is 59.1 Å². The van der Waals surface area contributed by atoms with Crippen molar-refractivity contribution in [1.29, 1.82) is 0 Å². The monoisotopic (exact) mass is 247 g/mol. The van der Waals surface area contributed by atoms with Crippen molar-refractivity contribution in [2.45, 2.75) is 64.7 Å². The minimum absolute atomic E-state index is 0.221. The lowest BCUT2D eigenvalue weighted by atomic mass is 9.84. The molecule has 0 bridgehead atoms. The van der Waals surface area contributed by atoms with E-state index in [0.29, 0.717) is 0 Å². The average molecular weight is 247 g/mol. The lowest BCUT2D eigenvalue weighted by Crippen LogP contribution is -2.41. The van der Waals surface area contributed by atoms with Gasteiger partial charge in [0.2, 0.25) is 0 Å². The van der Waals surface area contributed by atoms with E-state index in [9.17, 15) is 0 Å². The lowest BCUT2D eigenvalue weighted by molar-refractivity contribution is 0.00578. The Morgan fingerprint density at radius 3 is 2.39 bits per heavy atom. The van der Waals surface area contributed by atoms with Gasteiger partial charge in [0.25, 0.3) is 0 Å². The van der Waals surface area contributed by atoms with Gasteiger partial charge >= 0.3 is 7.12 Å². The molecule has 0 aliphatic carbocycles. The van der Waals surface area contributed by atoms with Gasteiger partial charge in [0.05, 0.1) is 11.2 Å². The first-order valence-corrected chi connectivity index (χ1v) is 6.95. The quantitative estimate of drug-likeness (QED) is 0.709. The van der Waals surface area contributed by atoms with Crippen LogP contribution in [0.1, 0.15) is 46.2 Å². The third-order valence-corrected chi connectivity index (χ3v) is 4.66. The molecular formula is C14H22BNO2. The molecule has 98 valence electrons. The lowest BCUT2D eigenvalue weighted by Gasteiger charge is -2.32. The summed E-state index contributed by atoms with van der Waals surface area (Å²) >= 11 is 0. The van der Waals surface area contributed by atoms with Crippen molar-refractivity contribution in [1.82, 2.24) is 4.57 Å². The first-order valence-electron chi connectivity index (χ1n) is 6.95. The van der Waals surface area contributed by atoms with Crippen LogP contribution in [0.2, 0.25) is 0 Å². The standard InChI is InChI=1S/C14H22BNO2/c1-13(2)14(3,4)18-15(17-13)12-9-8-11-7-5-6-10-16(11)12/h8-9H,5-7,10H2,1-4H3. The van der Waals surface area contributed by atoms with E-state index in [4.69, 9.17) is 9.31 Å². The molecule has 1 aromatic rings. The highest BCUT2D eigenvalue weighted by atomic mass is 16.7. The average Bonchev–Trinajstić information content (AvgIpc) is 2.78. The molecule has 3 heterocycles. The second-order valence-electron chi connectivity index (χ2n) is 6.45. The van der Waals surface area contributed by atoms with Gasteiger partial charge in [-0.3, -0.25) is 0 Å². The molecule has 1 saturated heterocycles. The van der Waals surface area contributed by atoms with Crippen LogP contribution in [-0.2, 0) is 22.3 Å². The number of hydrogen-bond donors (Lipinski definition) is 0. The summed E-state index contributed by atoms with van der Waals surface area (Å²) in [6.07, 6.45) is 3.74. The highest BCUT2D eigenvalue weighted by Crippen LogP contribution is 2.36. The SMILES string of the molecule is CC1(C)OB(c2ccc3n2CCCC3)OC1(C)C. The highest BCUT2D eigenvalue weighted by molar-refractivity contribution is 6.61. The van der Waals surface area contributed by atoms with Crippen LogP contribution in [0, 0.1) is 0 Å². The van der Waals surface area contributed by atoms with Gasteiger partial charge in [0.15, 0.2) is 0 Å². The Balaban J connectivity index is 1.91. The summed E-state index contributed by atoms with van der Waals surface area (Å²) in [6.45, 7) is 9.52. The van der Waals surface area contributed by atoms with Crippen molar-refractivity contribution >= 4 is 12.7 Å². The number of rotatable bonds is 1. The largest absolute Gasteiger partial charge is 0.512 e. The minimum Gasteiger partial charge on any atom is -0.398 e. The summed E-state index contributed by atoms with van der Waals surface area (Å²) in [5.74, 6) is 0. The van der Waals surface area contributed by atoms with Gasteiger partial charge in [-0.25, -0.2) is 0 Å². The maximum atomic E-state index is 6.13. The molecule has 2 aliphatic rings. The summed E-state index contributed by atoms with van der Waals surface area (Å²) in [7, 11) is -0.221. The Kier molecular flexibility index (Phi) is 2.65. The highest BCUT2D eigenvalue weighted by Gasteiger charge is 2.52. The van der Waals surface area contributed by atoms with Crippen LogP contribution in [0.25, 0.3) is 0 Å². The molecular weight excluding hydrogens is 225 g/mol. The maximum absolute atomic E-state index is 6.13. The van der Waals surface area contributed by atoms with Gasteiger partial charge in [-0.2, -0.15) is 0 Å².